The predicted octanol–water partition coefficient (Wildman–Crippen LogP) is -4.60. The first-order chi connectivity index (χ1) is 1.73. The van der Waals surface area contributed by atoms with Gasteiger partial charge >= 0.3 is 57.5 Å². The third-order valence-corrected chi connectivity index (χ3v) is 0. The normalized spacial score (nSPS) is 6.00. The van der Waals surface area contributed by atoms with Crippen LogP contribution in [-0.4, -0.2) is 28.0 Å². The van der Waals surface area contributed by atoms with Crippen LogP contribution in [0.15, 0.2) is 0 Å². The van der Waals surface area contributed by atoms with Crippen LogP contribution in [0.3, 0.4) is 0 Å². The average Bonchev–Trinajstić information content (AvgIpc) is 0.811. The minimum atomic E-state index is -3.19. The molecule has 0 saturated heterocycles. The fraction of sp³-hybridized carbons (Fsp3) is 0. The van der Waals surface area contributed by atoms with Gasteiger partial charge in [-0.05, 0) is 0 Å². The molecule has 0 radical (unpaired) electrons. The molecule has 0 aliphatic rings. The summed E-state index contributed by atoms with van der Waals surface area (Å²) in [4.78, 5) is 0. The third kappa shape index (κ3) is 51.8. The molecule has 0 rings (SSSR count). The molecule has 0 amide bonds. The van der Waals surface area contributed by atoms with Crippen molar-refractivity contribution in [3.8, 4) is 0 Å². The molecular formula is CH6AsNaO3. The van der Waals surface area contributed by atoms with Crippen LogP contribution in [0.25, 0.3) is 0 Å². The average molecular weight is 164 g/mol. The van der Waals surface area contributed by atoms with Gasteiger partial charge in [0, 0.05) is 0 Å². The van der Waals surface area contributed by atoms with Crippen molar-refractivity contribution < 1.29 is 41.8 Å². The Balaban J connectivity index is -0.0000000450. The monoisotopic (exact) mass is 164 g/mol. The molecule has 0 bridgehead atoms. The molecule has 5 heteroatoms. The summed E-state index contributed by atoms with van der Waals surface area (Å²) in [5.74, 6) is 0. The number of hydrogen-bond acceptors (Lipinski definition) is 3. The smallest absolute Gasteiger partial charge is 0.358 e. The topological polar surface area (TPSA) is 60.7 Å². The van der Waals surface area contributed by atoms with Crippen molar-refractivity contribution in [3.63, 3.8) is 0 Å². The van der Waals surface area contributed by atoms with E-state index >= 15 is 0 Å². The van der Waals surface area contributed by atoms with Crippen molar-refractivity contribution in [1.29, 1.82) is 0 Å². The molecule has 0 aliphatic carbocycles. The molecule has 0 saturated carbocycles. The van der Waals surface area contributed by atoms with Crippen LogP contribution in [0.5, 0.6) is 0 Å². The summed E-state index contributed by atoms with van der Waals surface area (Å²) in [6, 6.07) is 0. The second-order valence-corrected chi connectivity index (χ2v) is 1.39. The van der Waals surface area contributed by atoms with E-state index in [1.165, 1.54) is 0 Å². The molecule has 3 N–H and O–H groups in total. The molecule has 0 aromatic carbocycles. The Morgan fingerprint density at radius 2 is 1.00 bits per heavy atom. The largest absolute Gasteiger partial charge is 1.00 e. The quantitative estimate of drug-likeness (QED) is 0.249. The van der Waals surface area contributed by atoms with Crippen LogP contribution >= 0.6 is 0 Å². The summed E-state index contributed by atoms with van der Waals surface area (Å²) in [5, 5.41) is 0. The molecule has 6 heavy (non-hydrogen) atoms. The molecule has 0 spiro atoms. The Labute approximate surface area is 64.6 Å². The first-order valence-electron chi connectivity index (χ1n) is 0.600. The van der Waals surface area contributed by atoms with E-state index < -0.39 is 15.7 Å². The standard InChI is InChI=1S/CH3.AsH3O3.Na/c;2-1(3)4;/h1H3;2-4H;/q-1;;+1. The van der Waals surface area contributed by atoms with Crippen molar-refractivity contribution in [1.82, 2.24) is 0 Å². The first-order valence-corrected chi connectivity index (χ1v) is 3.12. The molecule has 0 heterocycles. The Kier molecular flexibility index (Phi) is 25.2. The molecule has 0 fully saturated rings. The van der Waals surface area contributed by atoms with Gasteiger partial charge in [0.05, 0.1) is 0 Å². The summed E-state index contributed by atoms with van der Waals surface area (Å²) < 4.78 is 21.9. The van der Waals surface area contributed by atoms with Crippen LogP contribution in [-0.2, 0) is 0 Å². The molecule has 0 aromatic heterocycles. The molecule has 0 unspecified atom stereocenters. The van der Waals surface area contributed by atoms with E-state index in [-0.39, 0.29) is 37.0 Å². The van der Waals surface area contributed by atoms with Crippen LogP contribution in [0.1, 0.15) is 0 Å². The Hall–Kier alpha value is 1.44. The van der Waals surface area contributed by atoms with Gasteiger partial charge in [0.2, 0.25) is 0 Å². The zero-order chi connectivity index (χ0) is 3.58. The van der Waals surface area contributed by atoms with Crippen molar-refractivity contribution in [3.05, 3.63) is 7.43 Å². The minimum Gasteiger partial charge on any atom is -0.358 e. The van der Waals surface area contributed by atoms with E-state index in [0.29, 0.717) is 0 Å². The Morgan fingerprint density at radius 1 is 1.00 bits per heavy atom. The first kappa shape index (κ1) is 15.7. The van der Waals surface area contributed by atoms with E-state index in [2.05, 4.69) is 0 Å². The van der Waals surface area contributed by atoms with E-state index in [1.807, 2.05) is 0 Å². The van der Waals surface area contributed by atoms with Crippen LogP contribution in [0, 0.1) is 7.43 Å². The SMILES string of the molecule is O[As](O)O.[CH3-].[Na+]. The van der Waals surface area contributed by atoms with Gasteiger partial charge in [-0.3, -0.25) is 0 Å². The number of hydrogen-bond donors (Lipinski definition) is 3. The van der Waals surface area contributed by atoms with E-state index in [0.717, 1.165) is 0 Å². The van der Waals surface area contributed by atoms with Crippen LogP contribution in [0.4, 0.5) is 0 Å². The summed E-state index contributed by atoms with van der Waals surface area (Å²) in [7, 11) is 0. The van der Waals surface area contributed by atoms with Crippen molar-refractivity contribution >= 4 is 15.7 Å². The Bertz CT molecular complexity index is 15.5. The zero-order valence-corrected chi connectivity index (χ0v) is 7.67. The van der Waals surface area contributed by atoms with Crippen molar-refractivity contribution in [2.24, 2.45) is 0 Å². The van der Waals surface area contributed by atoms with Crippen LogP contribution < -0.4 is 29.6 Å². The molecule has 0 atom stereocenters. The minimum absolute atomic E-state index is 0. The van der Waals surface area contributed by atoms with E-state index in [9.17, 15) is 0 Å². The summed E-state index contributed by atoms with van der Waals surface area (Å²) in [5.41, 5.74) is 0. The zero-order valence-electron chi connectivity index (χ0n) is 3.79. The second kappa shape index (κ2) is 9.67. The summed E-state index contributed by atoms with van der Waals surface area (Å²) in [6.45, 7) is 0. The maximum Gasteiger partial charge on any atom is 1.00 e. The second-order valence-electron chi connectivity index (χ2n) is 0.268. The number of rotatable bonds is 0. The van der Waals surface area contributed by atoms with Crippen molar-refractivity contribution in [2.45, 2.75) is 0 Å². The molecule has 34 valence electrons. The van der Waals surface area contributed by atoms with Gasteiger partial charge < -0.3 is 7.43 Å². The van der Waals surface area contributed by atoms with Crippen molar-refractivity contribution in [2.75, 3.05) is 0 Å². The van der Waals surface area contributed by atoms with Gasteiger partial charge in [0.1, 0.15) is 0 Å². The van der Waals surface area contributed by atoms with E-state index in [4.69, 9.17) is 12.3 Å². The maximum absolute atomic E-state index is 7.31. The van der Waals surface area contributed by atoms with E-state index in [1.54, 1.807) is 0 Å². The van der Waals surface area contributed by atoms with Gasteiger partial charge in [0.15, 0.2) is 0 Å². The van der Waals surface area contributed by atoms with Gasteiger partial charge in [-0.15, -0.1) is 0 Å². The molecule has 0 aromatic rings. The Morgan fingerprint density at radius 3 is 1.00 bits per heavy atom. The molecular weight excluding hydrogens is 158 g/mol. The summed E-state index contributed by atoms with van der Waals surface area (Å²) >= 11 is -3.19. The predicted molar refractivity (Wildman–Crippen MR) is 18.8 cm³/mol. The third-order valence-electron chi connectivity index (χ3n) is 0. The fourth-order valence-electron chi connectivity index (χ4n) is 0. The van der Waals surface area contributed by atoms with Gasteiger partial charge in [0.25, 0.3) is 0 Å². The molecule has 0 aliphatic heterocycles. The molecule has 3 nitrogen and oxygen atoms in total. The van der Waals surface area contributed by atoms with Gasteiger partial charge in [-0.2, -0.15) is 0 Å². The van der Waals surface area contributed by atoms with Gasteiger partial charge in [-0.25, -0.2) is 0 Å². The van der Waals surface area contributed by atoms with Gasteiger partial charge in [-0.1, -0.05) is 0 Å². The summed E-state index contributed by atoms with van der Waals surface area (Å²) in [6.07, 6.45) is 0. The maximum atomic E-state index is 7.31. The fourth-order valence-corrected chi connectivity index (χ4v) is 0. The van der Waals surface area contributed by atoms with Crippen LogP contribution in [0.2, 0.25) is 0 Å².